The summed E-state index contributed by atoms with van der Waals surface area (Å²) in [5.74, 6) is 2.25. The van der Waals surface area contributed by atoms with Crippen LogP contribution >= 0.6 is 0 Å². The number of carbonyl (C=O) groups excluding carboxylic acids is 1. The Balaban J connectivity index is 1.32. The van der Waals surface area contributed by atoms with Crippen molar-refractivity contribution in [2.45, 2.75) is 26.3 Å². The number of carbonyl (C=O) groups is 1. The number of unbranched alkanes of at least 4 members (excludes halogenated alkanes) is 1. The van der Waals surface area contributed by atoms with Crippen molar-refractivity contribution in [2.24, 2.45) is 4.99 Å². The second kappa shape index (κ2) is 11.2. The van der Waals surface area contributed by atoms with Gasteiger partial charge in [0.2, 0.25) is 5.91 Å². The molecule has 2 fully saturated rings. The fourth-order valence-corrected chi connectivity index (χ4v) is 3.80. The minimum Gasteiger partial charge on any atom is -0.378 e. The third kappa shape index (κ3) is 6.43. The van der Waals surface area contributed by atoms with E-state index in [4.69, 9.17) is 4.74 Å². The Morgan fingerprint density at radius 1 is 1.14 bits per heavy atom. The Kier molecular flexibility index (Phi) is 8.30. The maximum absolute atomic E-state index is 12.4. The fraction of sp³-hybridized carbons (Fsp3) is 0.750. The van der Waals surface area contributed by atoms with Crippen LogP contribution < -0.4 is 5.32 Å². The van der Waals surface area contributed by atoms with Gasteiger partial charge < -0.3 is 24.4 Å². The highest BCUT2D eigenvalue weighted by Crippen LogP contribution is 2.05. The van der Waals surface area contributed by atoms with Crippen LogP contribution in [0.4, 0.5) is 0 Å². The van der Waals surface area contributed by atoms with Gasteiger partial charge in [-0.25, -0.2) is 4.98 Å². The van der Waals surface area contributed by atoms with Crippen LogP contribution in [0.3, 0.4) is 0 Å². The molecule has 0 bridgehead atoms. The lowest BCUT2D eigenvalue weighted by molar-refractivity contribution is -0.136. The van der Waals surface area contributed by atoms with Crippen molar-refractivity contribution in [1.82, 2.24) is 29.6 Å². The van der Waals surface area contributed by atoms with Gasteiger partial charge in [-0.15, -0.1) is 0 Å². The minimum atomic E-state index is 0.220. The van der Waals surface area contributed by atoms with E-state index in [9.17, 15) is 4.79 Å². The molecule has 162 valence electrons. The first-order valence-electron chi connectivity index (χ1n) is 10.7. The first kappa shape index (κ1) is 21.6. The van der Waals surface area contributed by atoms with Crippen LogP contribution in [0.5, 0.6) is 0 Å². The van der Waals surface area contributed by atoms with Crippen molar-refractivity contribution in [1.29, 1.82) is 0 Å². The molecule has 1 amide bonds. The van der Waals surface area contributed by atoms with Crippen molar-refractivity contribution < 1.29 is 9.53 Å². The minimum absolute atomic E-state index is 0.220. The Labute approximate surface area is 173 Å². The van der Waals surface area contributed by atoms with Crippen LogP contribution in [-0.2, 0) is 16.1 Å². The normalized spacial score (nSPS) is 18.9. The molecule has 2 saturated heterocycles. The Morgan fingerprint density at radius 2 is 1.90 bits per heavy atom. The lowest BCUT2D eigenvalue weighted by Gasteiger charge is -2.37. The average molecular weight is 406 g/mol. The number of morpholine rings is 1. The molecule has 1 aromatic rings. The maximum atomic E-state index is 12.4. The van der Waals surface area contributed by atoms with E-state index in [1.807, 2.05) is 31.3 Å². The summed E-state index contributed by atoms with van der Waals surface area (Å²) >= 11 is 0. The van der Waals surface area contributed by atoms with Crippen molar-refractivity contribution >= 4 is 11.9 Å². The zero-order valence-corrected chi connectivity index (χ0v) is 17.8. The number of ether oxygens (including phenoxy) is 1. The molecule has 29 heavy (non-hydrogen) atoms. The number of piperazine rings is 1. The molecule has 2 aliphatic rings. The number of nitrogens with one attached hydrogen (secondary N) is 1. The van der Waals surface area contributed by atoms with Gasteiger partial charge in [-0.2, -0.15) is 0 Å². The predicted molar refractivity (Wildman–Crippen MR) is 113 cm³/mol. The number of hydrogen-bond donors (Lipinski definition) is 1. The zero-order valence-electron chi connectivity index (χ0n) is 17.8. The summed E-state index contributed by atoms with van der Waals surface area (Å²) in [5.41, 5.74) is 0. The van der Waals surface area contributed by atoms with Gasteiger partial charge in [-0.3, -0.25) is 14.7 Å². The first-order valence-corrected chi connectivity index (χ1v) is 10.7. The Morgan fingerprint density at radius 3 is 2.55 bits per heavy atom. The van der Waals surface area contributed by atoms with E-state index >= 15 is 0 Å². The number of nitrogens with zero attached hydrogens (tertiary/aromatic N) is 6. The quantitative estimate of drug-likeness (QED) is 0.392. The van der Waals surface area contributed by atoms with E-state index in [2.05, 4.69) is 29.7 Å². The van der Waals surface area contributed by atoms with Crippen LogP contribution in [0.2, 0.25) is 0 Å². The molecule has 9 nitrogen and oxygen atoms in total. The SMILES string of the molecule is CN=C(NCCCCn1ccnc1C)N1CCN(CC(=O)N2CCOCC2)CC1. The lowest BCUT2D eigenvalue weighted by Crippen LogP contribution is -2.55. The number of amides is 1. The molecule has 0 saturated carbocycles. The highest BCUT2D eigenvalue weighted by atomic mass is 16.5. The van der Waals surface area contributed by atoms with Crippen molar-refractivity contribution in [3.63, 3.8) is 0 Å². The van der Waals surface area contributed by atoms with Gasteiger partial charge in [0.05, 0.1) is 19.8 Å². The molecular weight excluding hydrogens is 370 g/mol. The predicted octanol–water partition coefficient (Wildman–Crippen LogP) is 0.0235. The van der Waals surface area contributed by atoms with E-state index in [0.717, 1.165) is 77.0 Å². The molecule has 0 aromatic carbocycles. The third-order valence-corrected chi connectivity index (χ3v) is 5.64. The average Bonchev–Trinajstić information content (AvgIpc) is 3.17. The summed E-state index contributed by atoms with van der Waals surface area (Å²) in [6, 6.07) is 0. The first-order chi connectivity index (χ1) is 14.2. The monoisotopic (exact) mass is 405 g/mol. The summed E-state index contributed by atoms with van der Waals surface area (Å²) in [6.07, 6.45) is 6.08. The molecule has 1 aromatic heterocycles. The van der Waals surface area contributed by atoms with E-state index < -0.39 is 0 Å². The molecule has 0 unspecified atom stereocenters. The maximum Gasteiger partial charge on any atom is 0.236 e. The van der Waals surface area contributed by atoms with Crippen molar-refractivity contribution in [3.05, 3.63) is 18.2 Å². The van der Waals surface area contributed by atoms with E-state index in [1.165, 1.54) is 0 Å². The Bertz CT molecular complexity index is 662. The summed E-state index contributed by atoms with van der Waals surface area (Å²) in [5, 5.41) is 3.48. The lowest BCUT2D eigenvalue weighted by atomic mass is 10.3. The van der Waals surface area contributed by atoms with Crippen LogP contribution in [0.15, 0.2) is 17.4 Å². The summed E-state index contributed by atoms with van der Waals surface area (Å²) in [4.78, 5) is 27.6. The van der Waals surface area contributed by atoms with Crippen LogP contribution in [0, 0.1) is 6.92 Å². The molecule has 0 aliphatic carbocycles. The molecule has 2 aliphatic heterocycles. The van der Waals surface area contributed by atoms with Crippen molar-refractivity contribution in [2.75, 3.05) is 72.6 Å². The molecule has 0 atom stereocenters. The molecule has 3 heterocycles. The van der Waals surface area contributed by atoms with Gasteiger partial charge in [-0.1, -0.05) is 0 Å². The Hall–Kier alpha value is -2.13. The highest BCUT2D eigenvalue weighted by Gasteiger charge is 2.24. The van der Waals surface area contributed by atoms with Gasteiger partial charge in [-0.05, 0) is 19.8 Å². The second-order valence-electron chi connectivity index (χ2n) is 7.61. The van der Waals surface area contributed by atoms with E-state index in [1.54, 1.807) is 0 Å². The molecule has 0 spiro atoms. The van der Waals surface area contributed by atoms with Crippen LogP contribution in [0.25, 0.3) is 0 Å². The summed E-state index contributed by atoms with van der Waals surface area (Å²) in [7, 11) is 1.84. The number of rotatable bonds is 7. The molecule has 3 rings (SSSR count). The third-order valence-electron chi connectivity index (χ3n) is 5.64. The fourth-order valence-electron chi connectivity index (χ4n) is 3.80. The van der Waals surface area contributed by atoms with E-state index in [0.29, 0.717) is 19.8 Å². The number of guanidine groups is 1. The topological polar surface area (TPSA) is 78.2 Å². The largest absolute Gasteiger partial charge is 0.378 e. The molecule has 9 heteroatoms. The van der Waals surface area contributed by atoms with Crippen LogP contribution in [-0.4, -0.2) is 109 Å². The molecule has 0 radical (unpaired) electrons. The number of aryl methyl sites for hydroxylation is 2. The summed E-state index contributed by atoms with van der Waals surface area (Å²) in [6.45, 7) is 10.8. The smallest absolute Gasteiger partial charge is 0.236 e. The van der Waals surface area contributed by atoms with Gasteiger partial charge in [0.25, 0.3) is 0 Å². The zero-order chi connectivity index (χ0) is 20.5. The summed E-state index contributed by atoms with van der Waals surface area (Å²) < 4.78 is 7.51. The number of aliphatic imine (C=N–C) groups is 1. The van der Waals surface area contributed by atoms with Gasteiger partial charge in [0.1, 0.15) is 5.82 Å². The second-order valence-corrected chi connectivity index (χ2v) is 7.61. The van der Waals surface area contributed by atoms with Gasteiger partial charge in [0.15, 0.2) is 5.96 Å². The van der Waals surface area contributed by atoms with E-state index in [-0.39, 0.29) is 5.91 Å². The van der Waals surface area contributed by atoms with Crippen LogP contribution in [0.1, 0.15) is 18.7 Å². The number of aromatic nitrogens is 2. The number of hydrogen-bond acceptors (Lipinski definition) is 5. The van der Waals surface area contributed by atoms with Gasteiger partial charge >= 0.3 is 0 Å². The standard InChI is InChI=1S/C20H35N7O2/c1-18-22-6-8-25(18)7-4-3-5-23-20(21-2)27-11-9-24(10-12-27)17-19(28)26-13-15-29-16-14-26/h6,8H,3-5,7,9-17H2,1-2H3,(H,21,23). The highest BCUT2D eigenvalue weighted by molar-refractivity contribution is 5.80. The van der Waals surface area contributed by atoms with Crippen molar-refractivity contribution in [3.8, 4) is 0 Å². The number of imidazole rings is 1. The van der Waals surface area contributed by atoms with Gasteiger partial charge in [0, 0.05) is 71.8 Å². The molecule has 1 N–H and O–H groups in total. The molecular formula is C20H35N7O2.